The molecule has 0 aromatic heterocycles. The molecule has 2 aromatic rings. The molecule has 0 saturated carbocycles. The van der Waals surface area contributed by atoms with Gasteiger partial charge in [0, 0.05) is 40.8 Å². The Bertz CT molecular complexity index is 925. The van der Waals surface area contributed by atoms with E-state index in [0.717, 1.165) is 11.4 Å². The van der Waals surface area contributed by atoms with Crippen LogP contribution < -0.4 is 15.5 Å². The Kier molecular flexibility index (Phi) is 7.23. The highest BCUT2D eigenvalue weighted by molar-refractivity contribution is 5.95. The number of benzene rings is 2. The molecule has 2 fully saturated rings. The quantitative estimate of drug-likeness (QED) is 0.359. The van der Waals surface area contributed by atoms with Crippen molar-refractivity contribution in [1.82, 2.24) is 0 Å². The number of morpholine rings is 2. The lowest BCUT2D eigenvalue weighted by Crippen LogP contribution is -2.41. The first kappa shape index (κ1) is 21.1. The van der Waals surface area contributed by atoms with Crippen molar-refractivity contribution in [2.24, 2.45) is 5.11 Å². The summed E-state index contributed by atoms with van der Waals surface area (Å²) in [4.78, 5) is 29.0. The van der Waals surface area contributed by atoms with Crippen molar-refractivity contribution in [3.8, 4) is 0 Å². The van der Waals surface area contributed by atoms with Crippen LogP contribution in [0.15, 0.2) is 53.6 Å². The van der Waals surface area contributed by atoms with E-state index in [2.05, 4.69) is 10.0 Å². The first-order valence-electron chi connectivity index (χ1n) is 9.35. The molecule has 2 aliphatic rings. The second-order valence-electron chi connectivity index (χ2n) is 6.49. The van der Waals surface area contributed by atoms with Crippen LogP contribution in [0.4, 0.5) is 22.7 Å². The smallest absolute Gasteiger partial charge is 0.253 e. The molecule has 30 heavy (non-hydrogen) atoms. The normalized spacial score (nSPS) is 16.4. The molecule has 2 amide bonds. The zero-order chi connectivity index (χ0) is 21.3. The molecule has 0 aliphatic carbocycles. The van der Waals surface area contributed by atoms with Gasteiger partial charge < -0.3 is 25.0 Å². The molecule has 0 unspecified atom stereocenters. The van der Waals surface area contributed by atoms with Gasteiger partial charge in [-0.3, -0.25) is 9.59 Å². The average Bonchev–Trinajstić information content (AvgIpc) is 2.77. The standard InChI is InChI=1S/C10H10N4O2.C10H12N2O2/c11-13-12-8-1-3-9(4-2-8)14-5-6-16-7-10(14)15;11-8-1-3-9(4-2-8)12-5-6-14-7-10(12)13/h1-4H,5-7H2;1-4H,5-7,11H2. The van der Waals surface area contributed by atoms with Crippen LogP contribution in [0.25, 0.3) is 10.4 Å². The maximum Gasteiger partial charge on any atom is 0.253 e. The number of hydrogen-bond donors (Lipinski definition) is 1. The molecule has 10 nitrogen and oxygen atoms in total. The van der Waals surface area contributed by atoms with Crippen LogP contribution in [0.1, 0.15) is 0 Å². The summed E-state index contributed by atoms with van der Waals surface area (Å²) in [5.41, 5.74) is 16.7. The Morgan fingerprint density at radius 1 is 0.833 bits per heavy atom. The first-order valence-corrected chi connectivity index (χ1v) is 9.35. The Hall–Kier alpha value is -3.59. The summed E-state index contributed by atoms with van der Waals surface area (Å²) in [6, 6.07) is 14.1. The number of amides is 2. The maximum absolute atomic E-state index is 11.5. The van der Waals surface area contributed by atoms with Gasteiger partial charge >= 0.3 is 0 Å². The second-order valence-corrected chi connectivity index (χ2v) is 6.49. The number of anilines is 3. The lowest BCUT2D eigenvalue weighted by Gasteiger charge is -2.26. The number of nitrogen functional groups attached to an aromatic ring is 1. The molecule has 2 aliphatic heterocycles. The predicted octanol–water partition coefficient (Wildman–Crippen LogP) is 2.62. The van der Waals surface area contributed by atoms with Gasteiger partial charge in [-0.15, -0.1) is 0 Å². The minimum Gasteiger partial charge on any atom is -0.399 e. The van der Waals surface area contributed by atoms with Gasteiger partial charge in [0.25, 0.3) is 11.8 Å². The number of nitrogens with two attached hydrogens (primary N) is 1. The molecular weight excluding hydrogens is 388 g/mol. The molecule has 0 radical (unpaired) electrons. The number of carbonyl (C=O) groups excluding carboxylic acids is 2. The van der Waals surface area contributed by atoms with Crippen molar-refractivity contribution in [3.05, 3.63) is 59.0 Å². The summed E-state index contributed by atoms with van der Waals surface area (Å²) < 4.78 is 10.1. The van der Waals surface area contributed by atoms with E-state index in [1.54, 1.807) is 46.2 Å². The van der Waals surface area contributed by atoms with Crippen molar-refractivity contribution in [3.63, 3.8) is 0 Å². The molecule has 2 saturated heterocycles. The molecular formula is C20H22N6O4. The van der Waals surface area contributed by atoms with E-state index in [4.69, 9.17) is 20.7 Å². The largest absolute Gasteiger partial charge is 0.399 e. The van der Waals surface area contributed by atoms with Crippen molar-refractivity contribution in [2.75, 3.05) is 55.1 Å². The third kappa shape index (κ3) is 5.48. The minimum absolute atomic E-state index is 0.000946. The monoisotopic (exact) mass is 410 g/mol. The van der Waals surface area contributed by atoms with Crippen molar-refractivity contribution >= 4 is 34.6 Å². The van der Waals surface area contributed by atoms with E-state index in [1.807, 2.05) is 12.1 Å². The number of carbonyl (C=O) groups is 2. The van der Waals surface area contributed by atoms with Gasteiger partial charge in [0.05, 0.1) is 13.2 Å². The van der Waals surface area contributed by atoms with Gasteiger partial charge in [-0.2, -0.15) is 0 Å². The lowest BCUT2D eigenvalue weighted by atomic mass is 10.2. The van der Waals surface area contributed by atoms with E-state index in [-0.39, 0.29) is 25.0 Å². The van der Waals surface area contributed by atoms with Crippen LogP contribution >= 0.6 is 0 Å². The summed E-state index contributed by atoms with van der Waals surface area (Å²) in [5.74, 6) is -0.0520. The van der Waals surface area contributed by atoms with Gasteiger partial charge in [-0.1, -0.05) is 17.2 Å². The van der Waals surface area contributed by atoms with Crippen LogP contribution in [-0.2, 0) is 19.1 Å². The van der Waals surface area contributed by atoms with Gasteiger partial charge in [0.2, 0.25) is 0 Å². The first-order chi connectivity index (χ1) is 14.6. The highest BCUT2D eigenvalue weighted by Crippen LogP contribution is 2.21. The lowest BCUT2D eigenvalue weighted by molar-refractivity contribution is -0.126. The van der Waals surface area contributed by atoms with E-state index in [1.165, 1.54) is 0 Å². The Balaban J connectivity index is 0.000000172. The van der Waals surface area contributed by atoms with Gasteiger partial charge in [-0.25, -0.2) is 0 Å². The average molecular weight is 410 g/mol. The van der Waals surface area contributed by atoms with Gasteiger partial charge in [0.15, 0.2) is 0 Å². The van der Waals surface area contributed by atoms with E-state index >= 15 is 0 Å². The third-order valence-electron chi connectivity index (χ3n) is 4.50. The SMILES string of the molecule is Nc1ccc(N2CCOCC2=O)cc1.[N-]=[N+]=Nc1ccc(N2CCOCC2=O)cc1. The maximum atomic E-state index is 11.5. The van der Waals surface area contributed by atoms with E-state index in [9.17, 15) is 9.59 Å². The van der Waals surface area contributed by atoms with Gasteiger partial charge in [0.1, 0.15) is 13.2 Å². The number of ether oxygens (including phenoxy) is 2. The van der Waals surface area contributed by atoms with Crippen molar-refractivity contribution in [1.29, 1.82) is 0 Å². The third-order valence-corrected chi connectivity index (χ3v) is 4.50. The fourth-order valence-electron chi connectivity index (χ4n) is 2.99. The van der Waals surface area contributed by atoms with E-state index in [0.29, 0.717) is 37.7 Å². The number of hydrogen-bond acceptors (Lipinski definition) is 6. The molecule has 2 aromatic carbocycles. The topological polar surface area (TPSA) is 134 Å². The summed E-state index contributed by atoms with van der Waals surface area (Å²) >= 11 is 0. The molecule has 10 heteroatoms. The summed E-state index contributed by atoms with van der Waals surface area (Å²) in [5, 5.41) is 3.46. The Morgan fingerprint density at radius 2 is 1.30 bits per heavy atom. The summed E-state index contributed by atoms with van der Waals surface area (Å²) in [6.45, 7) is 2.60. The highest BCUT2D eigenvalue weighted by atomic mass is 16.5. The fraction of sp³-hybridized carbons (Fsp3) is 0.300. The molecule has 4 rings (SSSR count). The van der Waals surface area contributed by atoms with Crippen LogP contribution in [0.2, 0.25) is 0 Å². The Morgan fingerprint density at radius 3 is 1.73 bits per heavy atom. The molecule has 0 spiro atoms. The van der Waals surface area contributed by atoms with Crippen molar-refractivity contribution in [2.45, 2.75) is 0 Å². The number of nitrogens with zero attached hydrogens (tertiary/aromatic N) is 5. The van der Waals surface area contributed by atoms with Crippen LogP contribution in [0.5, 0.6) is 0 Å². The van der Waals surface area contributed by atoms with Crippen LogP contribution in [-0.4, -0.2) is 51.3 Å². The summed E-state index contributed by atoms with van der Waals surface area (Å²) in [6.07, 6.45) is 0. The zero-order valence-corrected chi connectivity index (χ0v) is 16.3. The Labute approximate surface area is 173 Å². The minimum atomic E-state index is -0.0530. The van der Waals surface area contributed by atoms with Gasteiger partial charge in [-0.05, 0) is 41.9 Å². The predicted molar refractivity (Wildman–Crippen MR) is 112 cm³/mol. The molecule has 0 atom stereocenters. The zero-order valence-electron chi connectivity index (χ0n) is 16.3. The fourth-order valence-corrected chi connectivity index (χ4v) is 2.99. The van der Waals surface area contributed by atoms with E-state index < -0.39 is 0 Å². The van der Waals surface area contributed by atoms with Crippen molar-refractivity contribution < 1.29 is 19.1 Å². The summed E-state index contributed by atoms with van der Waals surface area (Å²) in [7, 11) is 0. The number of rotatable bonds is 3. The highest BCUT2D eigenvalue weighted by Gasteiger charge is 2.20. The molecule has 0 bridgehead atoms. The number of azide groups is 1. The molecule has 2 N–H and O–H groups in total. The van der Waals surface area contributed by atoms with Crippen LogP contribution in [0.3, 0.4) is 0 Å². The molecule has 2 heterocycles. The molecule has 156 valence electrons. The second kappa shape index (κ2) is 10.3. The van der Waals surface area contributed by atoms with Crippen LogP contribution in [0, 0.1) is 0 Å².